The molecule has 26 heavy (non-hydrogen) atoms. The Morgan fingerprint density at radius 2 is 1.77 bits per heavy atom. The van der Waals surface area contributed by atoms with Gasteiger partial charge < -0.3 is 19.8 Å². The maximum absolute atomic E-state index is 9.93. The molecule has 0 aromatic heterocycles. The SMILES string of the molecule is CON(CCCc1ccc(N(CCCl)CCCl)cc1)C1OC[C@@H](O)[C@@H]1O. The van der Waals surface area contributed by atoms with E-state index in [9.17, 15) is 10.2 Å². The number of anilines is 1. The lowest BCUT2D eigenvalue weighted by molar-refractivity contribution is -0.242. The number of rotatable bonds is 11. The number of nitrogens with zero attached hydrogens (tertiary/aromatic N) is 2. The first-order valence-electron chi connectivity index (χ1n) is 8.85. The van der Waals surface area contributed by atoms with Crippen molar-refractivity contribution >= 4 is 28.9 Å². The molecule has 0 amide bonds. The molecule has 6 nitrogen and oxygen atoms in total. The molecular formula is C18H28Cl2N2O4. The normalized spacial score (nSPS) is 22.9. The average Bonchev–Trinajstić information content (AvgIpc) is 2.98. The van der Waals surface area contributed by atoms with Crippen molar-refractivity contribution in [3.8, 4) is 0 Å². The summed E-state index contributed by atoms with van der Waals surface area (Å²) in [5.74, 6) is 1.13. The number of benzene rings is 1. The Hall–Kier alpha value is -0.600. The van der Waals surface area contributed by atoms with Crippen LogP contribution in [0.15, 0.2) is 24.3 Å². The summed E-state index contributed by atoms with van der Waals surface area (Å²) in [6.45, 7) is 2.25. The summed E-state index contributed by atoms with van der Waals surface area (Å²) in [6.07, 6.45) is -0.741. The Labute approximate surface area is 165 Å². The summed E-state index contributed by atoms with van der Waals surface area (Å²) < 4.78 is 5.40. The molecule has 0 bridgehead atoms. The molecule has 1 aliphatic heterocycles. The molecule has 1 unspecified atom stereocenters. The maximum atomic E-state index is 9.93. The van der Waals surface area contributed by atoms with Gasteiger partial charge in [-0.3, -0.25) is 4.84 Å². The molecule has 1 aliphatic rings. The van der Waals surface area contributed by atoms with Crippen molar-refractivity contribution in [1.82, 2.24) is 5.06 Å². The first-order chi connectivity index (χ1) is 12.6. The number of hydrogen-bond donors (Lipinski definition) is 2. The van der Waals surface area contributed by atoms with Crippen molar-refractivity contribution < 1.29 is 19.8 Å². The second-order valence-electron chi connectivity index (χ2n) is 6.24. The Balaban J connectivity index is 1.83. The molecule has 0 spiro atoms. The van der Waals surface area contributed by atoms with E-state index < -0.39 is 18.4 Å². The van der Waals surface area contributed by atoms with Gasteiger partial charge in [0.1, 0.15) is 12.2 Å². The predicted molar refractivity (Wildman–Crippen MR) is 104 cm³/mol. The number of alkyl halides is 2. The van der Waals surface area contributed by atoms with E-state index in [1.165, 1.54) is 12.7 Å². The highest BCUT2D eigenvalue weighted by atomic mass is 35.5. The van der Waals surface area contributed by atoms with E-state index in [0.29, 0.717) is 18.3 Å². The number of aryl methyl sites for hydroxylation is 1. The Bertz CT molecular complexity index is 514. The van der Waals surface area contributed by atoms with Crippen LogP contribution in [0, 0.1) is 0 Å². The minimum Gasteiger partial charge on any atom is -0.388 e. The summed E-state index contributed by atoms with van der Waals surface area (Å²) in [7, 11) is 1.54. The number of aliphatic hydroxyl groups is 2. The quantitative estimate of drug-likeness (QED) is 0.431. The highest BCUT2D eigenvalue weighted by Crippen LogP contribution is 2.20. The van der Waals surface area contributed by atoms with Gasteiger partial charge in [0.05, 0.1) is 13.7 Å². The summed E-state index contributed by atoms with van der Waals surface area (Å²) in [5, 5.41) is 21.1. The van der Waals surface area contributed by atoms with Crippen LogP contribution >= 0.6 is 23.2 Å². The van der Waals surface area contributed by atoms with E-state index in [-0.39, 0.29) is 6.61 Å². The van der Waals surface area contributed by atoms with E-state index >= 15 is 0 Å². The van der Waals surface area contributed by atoms with Crippen LogP contribution in [0.3, 0.4) is 0 Å². The number of halogens is 2. The van der Waals surface area contributed by atoms with Crippen LogP contribution in [-0.4, -0.2) is 78.8 Å². The zero-order chi connectivity index (χ0) is 18.9. The molecule has 2 rings (SSSR count). The van der Waals surface area contributed by atoms with Crippen LogP contribution < -0.4 is 4.90 Å². The molecule has 3 atom stereocenters. The third-order valence-corrected chi connectivity index (χ3v) is 4.83. The van der Waals surface area contributed by atoms with Gasteiger partial charge in [0.2, 0.25) is 0 Å². The molecule has 148 valence electrons. The molecule has 0 saturated carbocycles. The molecule has 0 aliphatic carbocycles. The number of aliphatic hydroxyl groups excluding tert-OH is 2. The fraction of sp³-hybridized carbons (Fsp3) is 0.667. The van der Waals surface area contributed by atoms with Crippen LogP contribution in [0.4, 0.5) is 5.69 Å². The topological polar surface area (TPSA) is 65.4 Å². The molecule has 0 radical (unpaired) electrons. The smallest absolute Gasteiger partial charge is 0.161 e. The van der Waals surface area contributed by atoms with Gasteiger partial charge in [-0.25, -0.2) is 0 Å². The molecule has 2 N–H and O–H groups in total. The van der Waals surface area contributed by atoms with Crippen LogP contribution in [-0.2, 0) is 16.0 Å². The van der Waals surface area contributed by atoms with E-state index in [1.807, 2.05) is 0 Å². The van der Waals surface area contributed by atoms with Gasteiger partial charge in [0.15, 0.2) is 6.23 Å². The summed E-state index contributed by atoms with van der Waals surface area (Å²) in [5.41, 5.74) is 2.33. The van der Waals surface area contributed by atoms with Crippen molar-refractivity contribution in [2.24, 2.45) is 0 Å². The Morgan fingerprint density at radius 1 is 1.12 bits per heavy atom. The van der Waals surface area contributed by atoms with Crippen molar-refractivity contribution in [1.29, 1.82) is 0 Å². The first kappa shape index (κ1) is 21.7. The molecule has 8 heteroatoms. The lowest BCUT2D eigenvalue weighted by atomic mass is 10.1. The second-order valence-corrected chi connectivity index (χ2v) is 7.00. The van der Waals surface area contributed by atoms with E-state index in [0.717, 1.165) is 31.6 Å². The van der Waals surface area contributed by atoms with Gasteiger partial charge >= 0.3 is 0 Å². The highest BCUT2D eigenvalue weighted by Gasteiger charge is 2.38. The largest absolute Gasteiger partial charge is 0.388 e. The predicted octanol–water partition coefficient (Wildman–Crippen LogP) is 1.84. The maximum Gasteiger partial charge on any atom is 0.161 e. The fourth-order valence-corrected chi connectivity index (χ4v) is 3.45. The number of ether oxygens (including phenoxy) is 1. The van der Waals surface area contributed by atoms with Gasteiger partial charge in [0.25, 0.3) is 0 Å². The van der Waals surface area contributed by atoms with Crippen LogP contribution in [0.2, 0.25) is 0 Å². The Morgan fingerprint density at radius 3 is 2.27 bits per heavy atom. The zero-order valence-electron chi connectivity index (χ0n) is 15.1. The van der Waals surface area contributed by atoms with E-state index in [4.69, 9.17) is 32.8 Å². The zero-order valence-corrected chi connectivity index (χ0v) is 16.6. The molecule has 1 fully saturated rings. The molecule has 1 heterocycles. The molecule has 1 aromatic carbocycles. The van der Waals surface area contributed by atoms with Crippen LogP contribution in [0.5, 0.6) is 0 Å². The summed E-state index contributed by atoms with van der Waals surface area (Å²) >= 11 is 11.7. The van der Waals surface area contributed by atoms with E-state index in [2.05, 4.69) is 29.2 Å². The third-order valence-electron chi connectivity index (χ3n) is 4.50. The fourth-order valence-electron chi connectivity index (χ4n) is 3.05. The van der Waals surface area contributed by atoms with Crippen molar-refractivity contribution in [3.05, 3.63) is 29.8 Å². The molecule has 1 aromatic rings. The van der Waals surface area contributed by atoms with Gasteiger partial charge in [-0.1, -0.05) is 12.1 Å². The second kappa shape index (κ2) is 11.3. The summed E-state index contributed by atoms with van der Waals surface area (Å²) in [4.78, 5) is 7.47. The van der Waals surface area contributed by atoms with Crippen molar-refractivity contribution in [3.63, 3.8) is 0 Å². The van der Waals surface area contributed by atoms with Gasteiger partial charge in [-0.2, -0.15) is 5.06 Å². The molecule has 1 saturated heterocycles. The lowest BCUT2D eigenvalue weighted by Crippen LogP contribution is -2.44. The average molecular weight is 407 g/mol. The minimum atomic E-state index is -0.955. The first-order valence-corrected chi connectivity index (χ1v) is 9.92. The minimum absolute atomic E-state index is 0.119. The number of hydroxylamine groups is 2. The lowest BCUT2D eigenvalue weighted by Gasteiger charge is -2.27. The third kappa shape index (κ3) is 5.96. The summed E-state index contributed by atoms with van der Waals surface area (Å²) in [6, 6.07) is 8.38. The van der Waals surface area contributed by atoms with Crippen molar-refractivity contribution in [2.45, 2.75) is 31.3 Å². The van der Waals surface area contributed by atoms with Gasteiger partial charge in [-0.05, 0) is 30.5 Å². The number of hydrogen-bond acceptors (Lipinski definition) is 6. The standard InChI is InChI=1S/C18H28Cl2N2O4/c1-25-22(18-17(24)16(23)13-26-18)10-2-3-14-4-6-15(7-5-14)21(11-8-19)12-9-20/h4-7,16-18,23-24H,2-3,8-13H2,1H3/t16-,17+,18?/m1/s1. The van der Waals surface area contributed by atoms with Gasteiger partial charge in [0, 0.05) is 37.1 Å². The van der Waals surface area contributed by atoms with Crippen molar-refractivity contribution in [2.75, 3.05) is 50.0 Å². The highest BCUT2D eigenvalue weighted by molar-refractivity contribution is 6.18. The van der Waals surface area contributed by atoms with Crippen LogP contribution in [0.1, 0.15) is 12.0 Å². The van der Waals surface area contributed by atoms with Gasteiger partial charge in [-0.15, -0.1) is 23.2 Å². The molecular weight excluding hydrogens is 379 g/mol. The Kier molecular flexibility index (Phi) is 9.42. The van der Waals surface area contributed by atoms with E-state index in [1.54, 1.807) is 5.06 Å². The monoisotopic (exact) mass is 406 g/mol. The van der Waals surface area contributed by atoms with Crippen LogP contribution in [0.25, 0.3) is 0 Å².